The molecule has 0 saturated heterocycles. The van der Waals surface area contributed by atoms with Crippen molar-refractivity contribution in [3.05, 3.63) is 42.6 Å². The van der Waals surface area contributed by atoms with Gasteiger partial charge in [-0.3, -0.25) is 4.79 Å². The van der Waals surface area contributed by atoms with Gasteiger partial charge in [0, 0.05) is 6.07 Å². The number of benzene rings is 1. The first-order valence-electron chi connectivity index (χ1n) is 6.90. The van der Waals surface area contributed by atoms with E-state index in [2.05, 4.69) is 10.3 Å². The second-order valence-corrected chi connectivity index (χ2v) is 4.89. The smallest absolute Gasteiger partial charge is 0.269 e. The zero-order valence-electron chi connectivity index (χ0n) is 12.3. The first-order valence-corrected chi connectivity index (χ1v) is 6.90. The zero-order chi connectivity index (χ0) is 15.5. The highest BCUT2D eigenvalue weighted by Gasteiger charge is 2.34. The maximum Gasteiger partial charge on any atom is 0.269 e. The number of hydrogen-bond donors (Lipinski definition) is 1. The van der Waals surface area contributed by atoms with Crippen LogP contribution in [-0.4, -0.2) is 30.2 Å². The quantitative estimate of drug-likeness (QED) is 0.941. The Morgan fingerprint density at radius 1 is 1.18 bits per heavy atom. The van der Waals surface area contributed by atoms with Gasteiger partial charge in [0.05, 0.1) is 19.0 Å². The molecule has 1 amide bonds. The Balaban J connectivity index is 1.72. The Bertz CT molecular complexity index is 672. The lowest BCUT2D eigenvalue weighted by atomic mass is 10.1. The van der Waals surface area contributed by atoms with E-state index in [9.17, 15) is 4.79 Å². The molecule has 0 fully saturated rings. The first-order chi connectivity index (χ1) is 10.7. The van der Waals surface area contributed by atoms with Crippen LogP contribution in [0.25, 0.3) is 0 Å². The normalized spacial score (nSPS) is 19.4. The number of amides is 1. The fourth-order valence-corrected chi connectivity index (χ4v) is 2.19. The van der Waals surface area contributed by atoms with Crippen LogP contribution < -0.4 is 19.5 Å². The van der Waals surface area contributed by atoms with Gasteiger partial charge in [-0.2, -0.15) is 0 Å². The van der Waals surface area contributed by atoms with E-state index in [4.69, 9.17) is 14.2 Å². The van der Waals surface area contributed by atoms with Crippen LogP contribution in [-0.2, 0) is 4.79 Å². The molecule has 6 heteroatoms. The van der Waals surface area contributed by atoms with Crippen molar-refractivity contribution in [2.45, 2.75) is 19.1 Å². The van der Waals surface area contributed by atoms with E-state index in [1.165, 1.54) is 13.3 Å². The molecule has 3 rings (SSSR count). The predicted molar refractivity (Wildman–Crippen MR) is 80.4 cm³/mol. The molecule has 0 aliphatic carbocycles. The van der Waals surface area contributed by atoms with Gasteiger partial charge in [0.1, 0.15) is 6.10 Å². The molecule has 6 nitrogen and oxygen atoms in total. The average molecular weight is 300 g/mol. The molecule has 1 aliphatic heterocycles. The number of methoxy groups -OCH3 is 1. The molecule has 1 aromatic carbocycles. The molecule has 1 aromatic heterocycles. The molecule has 0 bridgehead atoms. The molecule has 0 saturated carbocycles. The third-order valence-electron chi connectivity index (χ3n) is 3.31. The Morgan fingerprint density at radius 2 is 1.91 bits per heavy atom. The molecule has 2 heterocycles. The summed E-state index contributed by atoms with van der Waals surface area (Å²) in [5, 5.41) is 2.76. The van der Waals surface area contributed by atoms with Crippen LogP contribution in [0.15, 0.2) is 42.6 Å². The maximum absolute atomic E-state index is 12.4. The van der Waals surface area contributed by atoms with E-state index in [0.717, 1.165) is 0 Å². The third-order valence-corrected chi connectivity index (χ3v) is 3.31. The average Bonchev–Trinajstić information content (AvgIpc) is 2.54. The van der Waals surface area contributed by atoms with E-state index in [0.29, 0.717) is 23.1 Å². The number of carbonyl (C=O) groups is 1. The summed E-state index contributed by atoms with van der Waals surface area (Å²) in [5.74, 6) is 1.41. The second kappa shape index (κ2) is 5.93. The van der Waals surface area contributed by atoms with Gasteiger partial charge in [-0.15, -0.1) is 0 Å². The lowest BCUT2D eigenvalue weighted by molar-refractivity contribution is -0.128. The van der Waals surface area contributed by atoms with E-state index in [1.807, 2.05) is 18.2 Å². The Morgan fingerprint density at radius 3 is 2.55 bits per heavy atom. The summed E-state index contributed by atoms with van der Waals surface area (Å²) in [6, 6.07) is 10.7. The lowest BCUT2D eigenvalue weighted by Gasteiger charge is -2.30. The van der Waals surface area contributed by atoms with Gasteiger partial charge < -0.3 is 19.5 Å². The number of hydrogen-bond acceptors (Lipinski definition) is 5. The van der Waals surface area contributed by atoms with Crippen LogP contribution in [0.4, 0.5) is 5.69 Å². The van der Waals surface area contributed by atoms with Crippen LogP contribution in [0.3, 0.4) is 0 Å². The highest BCUT2D eigenvalue weighted by atomic mass is 16.6. The Labute approximate surface area is 128 Å². The Hall–Kier alpha value is -2.76. The van der Waals surface area contributed by atoms with Crippen molar-refractivity contribution < 1.29 is 19.0 Å². The number of pyridine rings is 1. The van der Waals surface area contributed by atoms with Crippen LogP contribution in [0, 0.1) is 0 Å². The molecule has 2 aromatic rings. The number of ether oxygens (including phenoxy) is 3. The summed E-state index contributed by atoms with van der Waals surface area (Å²) >= 11 is 0. The van der Waals surface area contributed by atoms with Gasteiger partial charge in [-0.05, 0) is 25.1 Å². The summed E-state index contributed by atoms with van der Waals surface area (Å²) in [4.78, 5) is 16.4. The highest BCUT2D eigenvalue weighted by Crippen LogP contribution is 2.33. The summed E-state index contributed by atoms with van der Waals surface area (Å²) in [5.41, 5.74) is 0.570. The van der Waals surface area contributed by atoms with Crippen molar-refractivity contribution in [2.75, 3.05) is 12.4 Å². The fraction of sp³-hybridized carbons (Fsp3) is 0.250. The number of rotatable bonds is 3. The van der Waals surface area contributed by atoms with Crippen molar-refractivity contribution in [3.63, 3.8) is 0 Å². The molecule has 0 radical (unpaired) electrons. The van der Waals surface area contributed by atoms with Crippen LogP contribution in [0.1, 0.15) is 6.92 Å². The monoisotopic (exact) mass is 300 g/mol. The van der Waals surface area contributed by atoms with Crippen LogP contribution in [0.5, 0.6) is 17.4 Å². The number of carbonyl (C=O) groups excluding carboxylic acids is 1. The molecular weight excluding hydrogens is 284 g/mol. The first kappa shape index (κ1) is 14.2. The van der Waals surface area contributed by atoms with Crippen molar-refractivity contribution >= 4 is 11.6 Å². The predicted octanol–water partition coefficient (Wildman–Crippen LogP) is 2.26. The molecule has 1 N–H and O–H groups in total. The zero-order valence-corrected chi connectivity index (χ0v) is 12.3. The standard InChI is InChI=1S/C16H16N2O4/c1-10-15(22-13-6-4-3-5-12(13)21-10)16(19)18-11-7-8-14(20-2)17-9-11/h3-10,15H,1-2H3,(H,18,19)/t10-,15-/m1/s1. The summed E-state index contributed by atoms with van der Waals surface area (Å²) in [7, 11) is 1.53. The molecular formula is C16H16N2O4. The summed E-state index contributed by atoms with van der Waals surface area (Å²) in [6.07, 6.45) is 0.414. The summed E-state index contributed by atoms with van der Waals surface area (Å²) in [6.45, 7) is 1.80. The van der Waals surface area contributed by atoms with Gasteiger partial charge in [0.15, 0.2) is 11.5 Å². The fourth-order valence-electron chi connectivity index (χ4n) is 2.19. The van der Waals surface area contributed by atoms with Gasteiger partial charge in [-0.1, -0.05) is 12.1 Å². The molecule has 114 valence electrons. The largest absolute Gasteiger partial charge is 0.482 e. The van der Waals surface area contributed by atoms with E-state index < -0.39 is 6.10 Å². The van der Waals surface area contributed by atoms with Gasteiger partial charge in [0.2, 0.25) is 12.0 Å². The molecule has 2 atom stereocenters. The van der Waals surface area contributed by atoms with Crippen molar-refractivity contribution in [3.8, 4) is 17.4 Å². The minimum Gasteiger partial charge on any atom is -0.482 e. The maximum atomic E-state index is 12.4. The topological polar surface area (TPSA) is 69.7 Å². The van der Waals surface area contributed by atoms with Crippen molar-refractivity contribution in [2.24, 2.45) is 0 Å². The molecule has 1 aliphatic rings. The van der Waals surface area contributed by atoms with Gasteiger partial charge in [0.25, 0.3) is 5.91 Å². The van der Waals surface area contributed by atoms with E-state index in [1.54, 1.807) is 25.1 Å². The number of nitrogens with one attached hydrogen (secondary N) is 1. The SMILES string of the molecule is COc1ccc(NC(=O)[C@@H]2Oc3ccccc3O[C@@H]2C)cn1. The Kier molecular flexibility index (Phi) is 3.82. The minimum atomic E-state index is -0.725. The summed E-state index contributed by atoms with van der Waals surface area (Å²) < 4.78 is 16.4. The lowest BCUT2D eigenvalue weighted by Crippen LogP contribution is -2.46. The van der Waals surface area contributed by atoms with E-state index >= 15 is 0 Å². The minimum absolute atomic E-state index is 0.283. The number of aromatic nitrogens is 1. The number of para-hydroxylation sites is 2. The van der Waals surface area contributed by atoms with Crippen LogP contribution in [0.2, 0.25) is 0 Å². The number of anilines is 1. The molecule has 0 spiro atoms. The number of fused-ring (bicyclic) bond motifs is 1. The van der Waals surface area contributed by atoms with Crippen molar-refractivity contribution in [1.29, 1.82) is 0 Å². The molecule has 22 heavy (non-hydrogen) atoms. The van der Waals surface area contributed by atoms with Gasteiger partial charge >= 0.3 is 0 Å². The number of nitrogens with zero attached hydrogens (tertiary/aromatic N) is 1. The second-order valence-electron chi connectivity index (χ2n) is 4.89. The highest BCUT2D eigenvalue weighted by molar-refractivity contribution is 5.95. The van der Waals surface area contributed by atoms with Crippen molar-refractivity contribution in [1.82, 2.24) is 4.98 Å². The van der Waals surface area contributed by atoms with E-state index in [-0.39, 0.29) is 12.0 Å². The van der Waals surface area contributed by atoms with Gasteiger partial charge in [-0.25, -0.2) is 4.98 Å². The third kappa shape index (κ3) is 2.81. The van der Waals surface area contributed by atoms with Crippen LogP contribution >= 0.6 is 0 Å². The molecule has 0 unspecified atom stereocenters.